The minimum atomic E-state index is -0.465. The van der Waals surface area contributed by atoms with Crippen molar-refractivity contribution in [3.8, 4) is 5.75 Å². The molecule has 1 fully saturated rings. The van der Waals surface area contributed by atoms with Crippen molar-refractivity contribution in [2.24, 2.45) is 10.2 Å². The Morgan fingerprint density at radius 3 is 2.64 bits per heavy atom. The Labute approximate surface area is 144 Å². The first-order valence-corrected chi connectivity index (χ1v) is 7.86. The fourth-order valence-electron chi connectivity index (χ4n) is 2.84. The maximum Gasteiger partial charge on any atom is 0.378 e. The van der Waals surface area contributed by atoms with E-state index < -0.39 is 5.97 Å². The molecule has 0 spiro atoms. The van der Waals surface area contributed by atoms with Crippen LogP contribution in [0.5, 0.6) is 5.75 Å². The summed E-state index contributed by atoms with van der Waals surface area (Å²) in [4.78, 5) is 17.1. The highest BCUT2D eigenvalue weighted by Crippen LogP contribution is 2.37. The van der Waals surface area contributed by atoms with E-state index in [4.69, 9.17) is 9.57 Å². The zero-order valence-corrected chi connectivity index (χ0v) is 13.5. The van der Waals surface area contributed by atoms with E-state index in [2.05, 4.69) is 15.8 Å². The summed E-state index contributed by atoms with van der Waals surface area (Å²) in [5, 5.41) is 10.1. The van der Waals surface area contributed by atoms with E-state index in [-0.39, 0.29) is 6.04 Å². The molecule has 2 aromatic rings. The maximum atomic E-state index is 12.2. The molecular formula is C18H16N4O3. The molecule has 126 valence electrons. The Morgan fingerprint density at radius 1 is 1.16 bits per heavy atom. The predicted octanol–water partition coefficient (Wildman–Crippen LogP) is 3.29. The molecule has 4 rings (SSSR count). The summed E-state index contributed by atoms with van der Waals surface area (Å²) < 4.78 is 5.17. The van der Waals surface area contributed by atoms with Gasteiger partial charge in [-0.2, -0.15) is 10.2 Å². The Balaban J connectivity index is 1.62. The first-order chi connectivity index (χ1) is 12.3. The number of rotatable bonds is 3. The van der Waals surface area contributed by atoms with Crippen LogP contribution in [-0.4, -0.2) is 13.1 Å². The van der Waals surface area contributed by atoms with Gasteiger partial charge in [-0.3, -0.25) is 0 Å². The first kappa shape index (κ1) is 15.3. The number of benzene rings is 2. The number of para-hydroxylation sites is 1. The molecule has 25 heavy (non-hydrogen) atoms. The molecule has 0 aromatic heterocycles. The van der Waals surface area contributed by atoms with Crippen LogP contribution in [-0.2, 0) is 9.63 Å². The summed E-state index contributed by atoms with van der Waals surface area (Å²) in [6.45, 7) is 0. The van der Waals surface area contributed by atoms with Crippen molar-refractivity contribution in [1.82, 2.24) is 5.59 Å². The highest BCUT2D eigenvalue weighted by atomic mass is 16.7. The molecule has 2 heterocycles. The number of azo groups is 1. The lowest BCUT2D eigenvalue weighted by molar-refractivity contribution is -0.140. The molecule has 2 aliphatic rings. The minimum absolute atomic E-state index is 0.126. The number of ether oxygens (including phenoxy) is 1. The number of carbonyl (C=O) groups excluding carboxylic acids is 1. The zero-order valence-electron chi connectivity index (χ0n) is 13.5. The van der Waals surface area contributed by atoms with Gasteiger partial charge >= 0.3 is 5.97 Å². The van der Waals surface area contributed by atoms with E-state index in [0.29, 0.717) is 17.8 Å². The molecule has 0 radical (unpaired) electrons. The number of hydrazine groups is 1. The summed E-state index contributed by atoms with van der Waals surface area (Å²) in [5.41, 5.74) is 5.40. The fourth-order valence-corrected chi connectivity index (χ4v) is 2.84. The van der Waals surface area contributed by atoms with Crippen molar-refractivity contribution in [2.75, 3.05) is 12.1 Å². The van der Waals surface area contributed by atoms with Gasteiger partial charge < -0.3 is 9.57 Å². The summed E-state index contributed by atoms with van der Waals surface area (Å²) in [6, 6.07) is 17.0. The number of carbonyl (C=O) groups is 1. The molecule has 0 bridgehead atoms. The number of hydrogen-bond donors (Lipinski definition) is 1. The SMILES string of the molecule is COc1ccc(C2C/C(=C3\C(=O)ONN3c3ccccc3)N=N2)cc1. The van der Waals surface area contributed by atoms with Gasteiger partial charge in [0.2, 0.25) is 0 Å². The highest BCUT2D eigenvalue weighted by molar-refractivity contribution is 5.95. The van der Waals surface area contributed by atoms with Crippen LogP contribution in [0.15, 0.2) is 76.2 Å². The van der Waals surface area contributed by atoms with Crippen LogP contribution in [0.1, 0.15) is 18.0 Å². The summed E-state index contributed by atoms with van der Waals surface area (Å²) in [7, 11) is 1.63. The summed E-state index contributed by atoms with van der Waals surface area (Å²) in [6.07, 6.45) is 0.530. The van der Waals surface area contributed by atoms with E-state index in [9.17, 15) is 4.79 Å². The van der Waals surface area contributed by atoms with Gasteiger partial charge in [0.1, 0.15) is 11.8 Å². The van der Waals surface area contributed by atoms with Gasteiger partial charge in [0.05, 0.1) is 18.5 Å². The largest absolute Gasteiger partial charge is 0.497 e. The van der Waals surface area contributed by atoms with Crippen molar-refractivity contribution in [3.05, 3.63) is 71.6 Å². The smallest absolute Gasteiger partial charge is 0.378 e. The predicted molar refractivity (Wildman–Crippen MR) is 90.4 cm³/mol. The molecule has 1 N–H and O–H groups in total. The Bertz CT molecular complexity index is 846. The Kier molecular flexibility index (Phi) is 3.91. The number of hydrogen-bond acceptors (Lipinski definition) is 7. The van der Waals surface area contributed by atoms with Gasteiger partial charge in [-0.15, -0.1) is 0 Å². The lowest BCUT2D eigenvalue weighted by Crippen LogP contribution is -2.29. The third-order valence-electron chi connectivity index (χ3n) is 4.14. The molecule has 7 heteroatoms. The van der Waals surface area contributed by atoms with E-state index in [1.165, 1.54) is 0 Å². The van der Waals surface area contributed by atoms with Crippen molar-refractivity contribution in [2.45, 2.75) is 12.5 Å². The molecule has 0 aliphatic carbocycles. The number of anilines is 1. The van der Waals surface area contributed by atoms with Gasteiger partial charge in [-0.1, -0.05) is 35.9 Å². The topological polar surface area (TPSA) is 75.5 Å². The molecular weight excluding hydrogens is 320 g/mol. The minimum Gasteiger partial charge on any atom is -0.497 e. The number of methoxy groups -OCH3 is 1. The van der Waals surface area contributed by atoms with Gasteiger partial charge in [-0.05, 0) is 29.8 Å². The van der Waals surface area contributed by atoms with Crippen LogP contribution in [0.25, 0.3) is 0 Å². The van der Waals surface area contributed by atoms with E-state index in [1.54, 1.807) is 12.1 Å². The van der Waals surface area contributed by atoms with Crippen LogP contribution < -0.4 is 15.3 Å². The fraction of sp³-hybridized carbons (Fsp3) is 0.167. The molecule has 1 saturated heterocycles. The average molecular weight is 336 g/mol. The number of nitrogens with one attached hydrogen (secondary N) is 1. The van der Waals surface area contributed by atoms with Crippen LogP contribution >= 0.6 is 0 Å². The van der Waals surface area contributed by atoms with Gasteiger partial charge in [0, 0.05) is 6.42 Å². The maximum absolute atomic E-state index is 12.2. The van der Waals surface area contributed by atoms with Crippen molar-refractivity contribution >= 4 is 11.7 Å². The van der Waals surface area contributed by atoms with E-state index in [0.717, 1.165) is 17.0 Å². The lowest BCUT2D eigenvalue weighted by atomic mass is 10.0. The second-order valence-electron chi connectivity index (χ2n) is 5.66. The van der Waals surface area contributed by atoms with Crippen LogP contribution in [0, 0.1) is 0 Å². The standard InChI is InChI=1S/C18H16N4O3/c1-24-14-9-7-12(8-10-14)15-11-16(20-19-15)17-18(23)25-21-22(17)13-5-3-2-4-6-13/h2-10,15,21H,11H2,1H3/b17-16-. The molecule has 0 amide bonds. The molecule has 2 aromatic carbocycles. The molecule has 7 nitrogen and oxygen atoms in total. The normalized spacial score (nSPS) is 22.4. The van der Waals surface area contributed by atoms with Gasteiger partial charge in [0.25, 0.3) is 0 Å². The Morgan fingerprint density at radius 2 is 1.92 bits per heavy atom. The summed E-state index contributed by atoms with van der Waals surface area (Å²) in [5.74, 6) is 0.323. The molecule has 0 saturated carbocycles. The van der Waals surface area contributed by atoms with Crippen LogP contribution in [0.3, 0.4) is 0 Å². The van der Waals surface area contributed by atoms with Crippen LogP contribution in [0.2, 0.25) is 0 Å². The van der Waals surface area contributed by atoms with Crippen LogP contribution in [0.4, 0.5) is 5.69 Å². The lowest BCUT2D eigenvalue weighted by Gasteiger charge is -2.16. The first-order valence-electron chi connectivity index (χ1n) is 7.86. The van der Waals surface area contributed by atoms with Gasteiger partial charge in [0.15, 0.2) is 5.70 Å². The Hall–Kier alpha value is -3.19. The third kappa shape index (κ3) is 2.85. The van der Waals surface area contributed by atoms with Gasteiger partial charge in [-0.25, -0.2) is 9.80 Å². The molecule has 2 aliphatic heterocycles. The van der Waals surface area contributed by atoms with Crippen molar-refractivity contribution < 1.29 is 14.4 Å². The molecule has 1 atom stereocenters. The highest BCUT2D eigenvalue weighted by Gasteiger charge is 2.35. The second kappa shape index (κ2) is 6.37. The third-order valence-corrected chi connectivity index (χ3v) is 4.14. The average Bonchev–Trinajstić information content (AvgIpc) is 3.29. The summed E-state index contributed by atoms with van der Waals surface area (Å²) >= 11 is 0. The second-order valence-corrected chi connectivity index (χ2v) is 5.66. The zero-order chi connectivity index (χ0) is 17.2. The quantitative estimate of drug-likeness (QED) is 0.871. The van der Waals surface area contributed by atoms with Crippen molar-refractivity contribution in [1.29, 1.82) is 0 Å². The van der Waals surface area contributed by atoms with Crippen molar-refractivity contribution in [3.63, 3.8) is 0 Å². The molecule has 1 unspecified atom stereocenters. The van der Waals surface area contributed by atoms with E-state index >= 15 is 0 Å². The number of nitrogens with zero attached hydrogens (tertiary/aromatic N) is 3. The van der Waals surface area contributed by atoms with E-state index in [1.807, 2.05) is 54.6 Å². The monoisotopic (exact) mass is 336 g/mol.